The second kappa shape index (κ2) is 8.14. The lowest BCUT2D eigenvalue weighted by Gasteiger charge is -2.57. The largest absolute Gasteiger partial charge is 0.378 e. The molecule has 1 amide bonds. The van der Waals surface area contributed by atoms with Crippen molar-refractivity contribution in [2.75, 3.05) is 6.61 Å². The van der Waals surface area contributed by atoms with Crippen LogP contribution in [0.4, 0.5) is 4.39 Å². The van der Waals surface area contributed by atoms with Crippen LogP contribution < -0.4 is 11.1 Å². The first-order valence-electron chi connectivity index (χ1n) is 9.00. The Labute approximate surface area is 169 Å². The van der Waals surface area contributed by atoms with E-state index in [9.17, 15) is 9.18 Å². The molecule has 3 unspecified atom stereocenters. The maximum absolute atomic E-state index is 13.4. The maximum atomic E-state index is 13.4. The number of aromatic nitrogens is 2. The summed E-state index contributed by atoms with van der Waals surface area (Å²) in [6.07, 6.45) is 0.390. The van der Waals surface area contributed by atoms with Crippen LogP contribution in [0.5, 0.6) is 0 Å². The molecule has 0 bridgehead atoms. The summed E-state index contributed by atoms with van der Waals surface area (Å²) in [6, 6.07) is 5.37. The number of nitrogens with two attached hydrogens (primary N) is 1. The first kappa shape index (κ1) is 22.3. The molecule has 1 aliphatic carbocycles. The van der Waals surface area contributed by atoms with Gasteiger partial charge in [0.05, 0.1) is 6.10 Å². The second-order valence-electron chi connectivity index (χ2n) is 7.50. The molecule has 1 aromatic carbocycles. The number of nitrogens with zero attached hydrogens (tertiary/aromatic N) is 2. The van der Waals surface area contributed by atoms with Crippen LogP contribution in [0, 0.1) is 11.2 Å². The summed E-state index contributed by atoms with van der Waals surface area (Å²) < 4.78 is 24.3. The van der Waals surface area contributed by atoms with E-state index in [1.165, 1.54) is 12.1 Å². The van der Waals surface area contributed by atoms with Crippen molar-refractivity contribution in [3.63, 3.8) is 0 Å². The molecule has 1 aliphatic rings. The zero-order valence-electron chi connectivity index (χ0n) is 16.4. The van der Waals surface area contributed by atoms with E-state index in [1.54, 1.807) is 19.1 Å². The number of nitrogens with one attached hydrogen (secondary N) is 1. The third-order valence-electron chi connectivity index (χ3n) is 5.48. The van der Waals surface area contributed by atoms with Gasteiger partial charge in [0, 0.05) is 24.0 Å². The number of hydrogen-bond acceptors (Lipinski definition) is 6. The predicted molar refractivity (Wildman–Crippen MR) is 104 cm³/mol. The molecule has 3 N–H and O–H groups in total. The van der Waals surface area contributed by atoms with E-state index in [-0.39, 0.29) is 42.0 Å². The molecule has 1 saturated carbocycles. The minimum absolute atomic E-state index is 0. The number of benzene rings is 1. The van der Waals surface area contributed by atoms with Crippen LogP contribution >= 0.6 is 12.4 Å². The van der Waals surface area contributed by atoms with Gasteiger partial charge < -0.3 is 20.3 Å². The Balaban J connectivity index is 0.00000280. The Morgan fingerprint density at radius 2 is 2.21 bits per heavy atom. The molecule has 0 spiro atoms. The van der Waals surface area contributed by atoms with Crippen molar-refractivity contribution in [2.45, 2.75) is 51.8 Å². The molecular weight excluding hydrogens is 387 g/mol. The lowest BCUT2D eigenvalue weighted by atomic mass is 9.54. The van der Waals surface area contributed by atoms with Gasteiger partial charge in [-0.15, -0.1) is 12.4 Å². The zero-order valence-corrected chi connectivity index (χ0v) is 17.2. The van der Waals surface area contributed by atoms with E-state index in [2.05, 4.69) is 15.5 Å². The Morgan fingerprint density at radius 3 is 2.82 bits per heavy atom. The van der Waals surface area contributed by atoms with E-state index < -0.39 is 17.0 Å². The van der Waals surface area contributed by atoms with Crippen LogP contribution in [-0.4, -0.2) is 34.3 Å². The number of carbonyl (C=O) groups excluding carboxylic acids is 1. The summed E-state index contributed by atoms with van der Waals surface area (Å²) in [7, 11) is 0. The van der Waals surface area contributed by atoms with Gasteiger partial charge in [-0.25, -0.2) is 4.39 Å². The third kappa shape index (κ3) is 3.76. The summed E-state index contributed by atoms with van der Waals surface area (Å²) in [6.45, 7) is 8.08. The van der Waals surface area contributed by atoms with Crippen LogP contribution in [0.2, 0.25) is 0 Å². The summed E-state index contributed by atoms with van der Waals surface area (Å²) >= 11 is 0. The van der Waals surface area contributed by atoms with Crippen LogP contribution in [-0.2, 0) is 9.53 Å². The molecule has 154 valence electrons. The molecular formula is C19H26ClFN4O3. The molecule has 1 heterocycles. The predicted octanol–water partition coefficient (Wildman–Crippen LogP) is 3.01. The highest BCUT2D eigenvalue weighted by atomic mass is 35.5. The van der Waals surface area contributed by atoms with Gasteiger partial charge in [-0.1, -0.05) is 31.1 Å². The molecule has 0 radical (unpaired) electrons. The Bertz CT molecular complexity index is 844. The quantitative estimate of drug-likeness (QED) is 0.755. The van der Waals surface area contributed by atoms with Crippen molar-refractivity contribution in [3.05, 3.63) is 36.0 Å². The molecule has 28 heavy (non-hydrogen) atoms. The highest BCUT2D eigenvalue weighted by molar-refractivity contribution is 5.89. The van der Waals surface area contributed by atoms with E-state index in [4.69, 9.17) is 15.0 Å². The van der Waals surface area contributed by atoms with Crippen molar-refractivity contribution in [1.82, 2.24) is 15.5 Å². The molecule has 0 saturated heterocycles. The highest BCUT2D eigenvalue weighted by Gasteiger charge is 2.63. The summed E-state index contributed by atoms with van der Waals surface area (Å²) in [4.78, 5) is 17.0. The van der Waals surface area contributed by atoms with Gasteiger partial charge in [-0.3, -0.25) is 4.79 Å². The molecule has 7 nitrogen and oxygen atoms in total. The lowest BCUT2D eigenvalue weighted by molar-refractivity contribution is -0.171. The summed E-state index contributed by atoms with van der Waals surface area (Å²) in [5, 5.41) is 6.71. The van der Waals surface area contributed by atoms with Crippen LogP contribution in [0.15, 0.2) is 28.8 Å². The monoisotopic (exact) mass is 412 g/mol. The molecule has 1 aromatic heterocycles. The first-order valence-corrected chi connectivity index (χ1v) is 9.00. The van der Waals surface area contributed by atoms with Gasteiger partial charge in [0.1, 0.15) is 17.4 Å². The lowest BCUT2D eigenvalue weighted by Crippen LogP contribution is -2.75. The fraction of sp³-hybridized carbons (Fsp3) is 0.526. The maximum Gasteiger partial charge on any atom is 0.249 e. The topological polar surface area (TPSA) is 103 Å². The number of carbonyl (C=O) groups is 1. The number of hydrogen-bond donors (Lipinski definition) is 2. The minimum atomic E-state index is -1.04. The van der Waals surface area contributed by atoms with Gasteiger partial charge in [0.2, 0.25) is 17.6 Å². The number of amides is 1. The third-order valence-corrected chi connectivity index (χ3v) is 5.48. The summed E-state index contributed by atoms with van der Waals surface area (Å²) in [5.41, 5.74) is 5.36. The standard InChI is InChI=1S/C19H25FN4O3.ClH/c1-5-26-14-10-19(21,18(14,3)4)17(25)22-11(2)16-23-15(24-27-16)12-7-6-8-13(20)9-12;/h6-9,11,14H,5,10,21H2,1-4H3,(H,22,25);1H. The van der Waals surface area contributed by atoms with Gasteiger partial charge in [0.25, 0.3) is 0 Å². The number of halogens is 2. The fourth-order valence-electron chi connectivity index (χ4n) is 3.36. The van der Waals surface area contributed by atoms with Gasteiger partial charge >= 0.3 is 0 Å². The van der Waals surface area contributed by atoms with Crippen LogP contribution in [0.25, 0.3) is 11.4 Å². The van der Waals surface area contributed by atoms with E-state index in [1.807, 2.05) is 20.8 Å². The van der Waals surface area contributed by atoms with E-state index in [0.29, 0.717) is 18.6 Å². The van der Waals surface area contributed by atoms with Crippen molar-refractivity contribution in [3.8, 4) is 11.4 Å². The average molecular weight is 413 g/mol. The van der Waals surface area contributed by atoms with Gasteiger partial charge in [0.15, 0.2) is 0 Å². The van der Waals surface area contributed by atoms with Crippen molar-refractivity contribution in [2.24, 2.45) is 11.1 Å². The zero-order chi connectivity index (χ0) is 19.8. The second-order valence-corrected chi connectivity index (χ2v) is 7.50. The smallest absolute Gasteiger partial charge is 0.249 e. The highest BCUT2D eigenvalue weighted by Crippen LogP contribution is 2.50. The molecule has 1 fully saturated rings. The first-order chi connectivity index (χ1) is 12.7. The number of rotatable bonds is 6. The number of ether oxygens (including phenoxy) is 1. The molecule has 0 aliphatic heterocycles. The summed E-state index contributed by atoms with van der Waals surface area (Å²) in [5.74, 6) is -0.194. The SMILES string of the molecule is CCOC1CC(N)(C(=O)NC(C)c2nc(-c3cccc(F)c3)no2)C1(C)C.Cl. The van der Waals surface area contributed by atoms with Crippen LogP contribution in [0.1, 0.15) is 46.0 Å². The minimum Gasteiger partial charge on any atom is -0.378 e. The molecule has 3 atom stereocenters. The average Bonchev–Trinajstić information content (AvgIpc) is 3.11. The molecule has 2 aromatic rings. The Morgan fingerprint density at radius 1 is 1.50 bits per heavy atom. The molecule has 9 heteroatoms. The molecule has 3 rings (SSSR count). The Kier molecular flexibility index (Phi) is 6.48. The van der Waals surface area contributed by atoms with Crippen molar-refractivity contribution in [1.29, 1.82) is 0 Å². The van der Waals surface area contributed by atoms with E-state index in [0.717, 1.165) is 0 Å². The van der Waals surface area contributed by atoms with Gasteiger partial charge in [-0.2, -0.15) is 4.98 Å². The normalized spacial score (nSPS) is 24.0. The fourth-order valence-corrected chi connectivity index (χ4v) is 3.36. The van der Waals surface area contributed by atoms with Crippen molar-refractivity contribution >= 4 is 18.3 Å². The van der Waals surface area contributed by atoms with Gasteiger partial charge in [-0.05, 0) is 26.0 Å². The Hall–Kier alpha value is -2.03. The van der Waals surface area contributed by atoms with Crippen molar-refractivity contribution < 1.29 is 18.4 Å². The van der Waals surface area contributed by atoms with Crippen LogP contribution in [0.3, 0.4) is 0 Å². The van der Waals surface area contributed by atoms with E-state index >= 15 is 0 Å².